The molecule has 0 bridgehead atoms. The number of hydrogen-bond donors (Lipinski definition) is 3. The summed E-state index contributed by atoms with van der Waals surface area (Å²) in [6.45, 7) is 1.02. The van der Waals surface area contributed by atoms with Crippen LogP contribution in [-0.4, -0.2) is 29.9 Å². The number of rotatable bonds is 10. The standard InChI is InChI=1S/C28H29F3N4O3/c29-28(30,31)22-4-1-2-5-23(22)35-21-9-7-19(8-10-21)17-34-26(37)27(13-15-38-18-27)12-3-6-24(36)20-11-14-33-25(32)16-20/h1-2,4-5,7-11,14,16,35H,3,6,12-13,15,17-18H2,(H2,32,33)(H,34,37)/t27-/m1/s1. The van der Waals surface area contributed by atoms with Gasteiger partial charge in [-0.05, 0) is 61.2 Å². The molecule has 1 saturated heterocycles. The molecule has 1 aliphatic rings. The molecule has 2 heterocycles. The predicted molar refractivity (Wildman–Crippen MR) is 138 cm³/mol. The summed E-state index contributed by atoms with van der Waals surface area (Å²) in [5.41, 5.74) is 5.97. The van der Waals surface area contributed by atoms with Gasteiger partial charge in [0.05, 0.1) is 23.3 Å². The molecular weight excluding hydrogens is 497 g/mol. The second-order valence-corrected chi connectivity index (χ2v) is 9.38. The number of ketones is 1. The van der Waals surface area contributed by atoms with Gasteiger partial charge in [-0.3, -0.25) is 9.59 Å². The third kappa shape index (κ3) is 6.69. The summed E-state index contributed by atoms with van der Waals surface area (Å²) < 4.78 is 45.3. The van der Waals surface area contributed by atoms with Crippen molar-refractivity contribution < 1.29 is 27.5 Å². The molecule has 1 fully saturated rings. The van der Waals surface area contributed by atoms with Gasteiger partial charge in [-0.2, -0.15) is 13.2 Å². The number of carbonyl (C=O) groups is 2. The monoisotopic (exact) mass is 526 g/mol. The molecule has 1 aromatic heterocycles. The predicted octanol–water partition coefficient (Wildman–Crippen LogP) is 5.50. The largest absolute Gasteiger partial charge is 0.418 e. The zero-order valence-electron chi connectivity index (χ0n) is 20.7. The first-order valence-corrected chi connectivity index (χ1v) is 12.3. The first-order chi connectivity index (χ1) is 18.2. The number of nitrogen functional groups attached to an aromatic ring is 1. The number of nitrogens with one attached hydrogen (secondary N) is 2. The minimum Gasteiger partial charge on any atom is -0.384 e. The molecule has 0 radical (unpaired) electrons. The number of pyridine rings is 1. The highest BCUT2D eigenvalue weighted by molar-refractivity contribution is 5.96. The maximum Gasteiger partial charge on any atom is 0.418 e. The van der Waals surface area contributed by atoms with Gasteiger partial charge in [-0.1, -0.05) is 24.3 Å². The summed E-state index contributed by atoms with van der Waals surface area (Å²) >= 11 is 0. The smallest absolute Gasteiger partial charge is 0.384 e. The van der Waals surface area contributed by atoms with Crippen LogP contribution in [0.15, 0.2) is 66.9 Å². The normalized spacial score (nSPS) is 17.2. The third-order valence-electron chi connectivity index (χ3n) is 6.67. The molecule has 1 aliphatic heterocycles. The van der Waals surface area contributed by atoms with Crippen LogP contribution in [0.3, 0.4) is 0 Å². The number of benzene rings is 2. The molecule has 10 heteroatoms. The molecule has 4 rings (SSSR count). The number of hydrogen-bond acceptors (Lipinski definition) is 6. The fraction of sp³-hybridized carbons (Fsp3) is 0.321. The van der Waals surface area contributed by atoms with Crippen LogP contribution in [0.2, 0.25) is 0 Å². The Balaban J connectivity index is 1.31. The summed E-state index contributed by atoms with van der Waals surface area (Å²) in [6.07, 6.45) is -1.09. The van der Waals surface area contributed by atoms with Gasteiger partial charge in [-0.15, -0.1) is 0 Å². The van der Waals surface area contributed by atoms with Gasteiger partial charge in [0, 0.05) is 37.0 Å². The average Bonchev–Trinajstić information content (AvgIpc) is 3.38. The number of nitrogens with zero attached hydrogens (tertiary/aromatic N) is 1. The Morgan fingerprint density at radius 2 is 1.84 bits per heavy atom. The van der Waals surface area contributed by atoms with Crippen LogP contribution in [0, 0.1) is 5.41 Å². The zero-order chi connectivity index (χ0) is 27.2. The van der Waals surface area contributed by atoms with E-state index in [1.54, 1.807) is 36.4 Å². The van der Waals surface area contributed by atoms with Crippen LogP contribution >= 0.6 is 0 Å². The van der Waals surface area contributed by atoms with Gasteiger partial charge in [0.15, 0.2) is 5.78 Å². The summed E-state index contributed by atoms with van der Waals surface area (Å²) in [7, 11) is 0. The minimum atomic E-state index is -4.46. The van der Waals surface area contributed by atoms with E-state index < -0.39 is 17.2 Å². The van der Waals surface area contributed by atoms with E-state index in [9.17, 15) is 22.8 Å². The Morgan fingerprint density at radius 1 is 1.08 bits per heavy atom. The molecule has 0 unspecified atom stereocenters. The molecule has 0 spiro atoms. The first-order valence-electron chi connectivity index (χ1n) is 12.3. The lowest BCUT2D eigenvalue weighted by Crippen LogP contribution is -2.41. The number of amides is 1. The first kappa shape index (κ1) is 27.1. The number of alkyl halides is 3. The van der Waals surface area contributed by atoms with E-state index in [4.69, 9.17) is 10.5 Å². The van der Waals surface area contributed by atoms with Gasteiger partial charge < -0.3 is 21.1 Å². The van der Waals surface area contributed by atoms with Crippen molar-refractivity contribution >= 4 is 28.9 Å². The van der Waals surface area contributed by atoms with E-state index in [-0.39, 0.29) is 42.8 Å². The Bertz CT molecular complexity index is 1270. The summed E-state index contributed by atoms with van der Waals surface area (Å²) in [5, 5.41) is 5.77. The molecule has 4 N–H and O–H groups in total. The quantitative estimate of drug-likeness (QED) is 0.301. The number of nitrogens with two attached hydrogens (primary N) is 1. The highest BCUT2D eigenvalue weighted by Gasteiger charge is 2.41. The highest BCUT2D eigenvalue weighted by atomic mass is 19.4. The topological polar surface area (TPSA) is 106 Å². The number of para-hydroxylation sites is 1. The van der Waals surface area contributed by atoms with Crippen molar-refractivity contribution in [2.45, 2.75) is 38.4 Å². The Hall–Kier alpha value is -3.92. The SMILES string of the molecule is Nc1cc(C(=O)CCC[C@@]2(C(=O)NCc3ccc(Nc4ccccc4C(F)(F)F)cc3)CCOC2)ccn1. The van der Waals surface area contributed by atoms with Crippen LogP contribution in [0.25, 0.3) is 0 Å². The van der Waals surface area contributed by atoms with Gasteiger partial charge in [-0.25, -0.2) is 4.98 Å². The maximum absolute atomic E-state index is 13.2. The number of aromatic nitrogens is 1. The zero-order valence-corrected chi connectivity index (χ0v) is 20.7. The molecule has 7 nitrogen and oxygen atoms in total. The van der Waals surface area contributed by atoms with E-state index in [1.165, 1.54) is 24.4 Å². The third-order valence-corrected chi connectivity index (χ3v) is 6.67. The van der Waals surface area contributed by atoms with Crippen molar-refractivity contribution in [3.05, 3.63) is 83.6 Å². The Labute approximate surface area is 218 Å². The highest BCUT2D eigenvalue weighted by Crippen LogP contribution is 2.36. The lowest BCUT2D eigenvalue weighted by molar-refractivity contribution is -0.137. The molecule has 3 aromatic rings. The number of ether oxygens (including phenoxy) is 1. The van der Waals surface area contributed by atoms with Crippen LogP contribution < -0.4 is 16.4 Å². The van der Waals surface area contributed by atoms with E-state index in [2.05, 4.69) is 15.6 Å². The Morgan fingerprint density at radius 3 is 2.53 bits per heavy atom. The van der Waals surface area contributed by atoms with Crippen molar-refractivity contribution in [2.75, 3.05) is 24.3 Å². The molecule has 200 valence electrons. The molecule has 0 saturated carbocycles. The Kier molecular flexibility index (Phi) is 8.31. The fourth-order valence-electron chi connectivity index (χ4n) is 4.52. The average molecular weight is 527 g/mol. The lowest BCUT2D eigenvalue weighted by atomic mass is 9.80. The van der Waals surface area contributed by atoms with Crippen molar-refractivity contribution in [1.82, 2.24) is 10.3 Å². The summed E-state index contributed by atoms with van der Waals surface area (Å²) in [5.74, 6) is 0.0860. The number of anilines is 3. The van der Waals surface area contributed by atoms with Crippen molar-refractivity contribution in [3.8, 4) is 0 Å². The van der Waals surface area contributed by atoms with Crippen LogP contribution in [0.5, 0.6) is 0 Å². The van der Waals surface area contributed by atoms with E-state index in [0.29, 0.717) is 37.1 Å². The lowest BCUT2D eigenvalue weighted by Gasteiger charge is -2.26. The summed E-state index contributed by atoms with van der Waals surface area (Å²) in [4.78, 5) is 29.5. The molecule has 2 aromatic carbocycles. The van der Waals surface area contributed by atoms with E-state index >= 15 is 0 Å². The molecule has 0 aliphatic carbocycles. The number of halogens is 3. The second kappa shape index (κ2) is 11.6. The van der Waals surface area contributed by atoms with E-state index in [1.807, 2.05) is 0 Å². The van der Waals surface area contributed by atoms with Crippen LogP contribution in [-0.2, 0) is 22.3 Å². The summed E-state index contributed by atoms with van der Waals surface area (Å²) in [6, 6.07) is 15.3. The van der Waals surface area contributed by atoms with E-state index in [0.717, 1.165) is 11.6 Å². The maximum atomic E-state index is 13.2. The molecule has 1 atom stereocenters. The minimum absolute atomic E-state index is 0.0323. The van der Waals surface area contributed by atoms with Gasteiger partial charge in [0.2, 0.25) is 5.91 Å². The van der Waals surface area contributed by atoms with Gasteiger partial charge in [0.1, 0.15) is 5.82 Å². The van der Waals surface area contributed by atoms with Crippen molar-refractivity contribution in [3.63, 3.8) is 0 Å². The van der Waals surface area contributed by atoms with Gasteiger partial charge >= 0.3 is 6.18 Å². The van der Waals surface area contributed by atoms with Crippen molar-refractivity contribution in [2.24, 2.45) is 5.41 Å². The number of carbonyl (C=O) groups excluding carboxylic acids is 2. The van der Waals surface area contributed by atoms with Crippen LogP contribution in [0.1, 0.15) is 47.2 Å². The number of Topliss-reactive ketones (excluding diaryl/α,β-unsaturated/α-hetero) is 1. The molecular formula is C28H29F3N4O3. The molecule has 38 heavy (non-hydrogen) atoms. The fourth-order valence-corrected chi connectivity index (χ4v) is 4.52. The van der Waals surface area contributed by atoms with Gasteiger partial charge in [0.25, 0.3) is 0 Å². The second-order valence-electron chi connectivity index (χ2n) is 9.38. The van der Waals surface area contributed by atoms with Crippen molar-refractivity contribution in [1.29, 1.82) is 0 Å². The van der Waals surface area contributed by atoms with Crippen LogP contribution in [0.4, 0.5) is 30.4 Å². The molecule has 1 amide bonds.